The number of hydrogen-bond acceptors (Lipinski definition) is 5. The van der Waals surface area contributed by atoms with Crippen molar-refractivity contribution in [1.82, 2.24) is 4.98 Å². The Morgan fingerprint density at radius 2 is 1.81 bits per heavy atom. The van der Waals surface area contributed by atoms with Gasteiger partial charge in [0.05, 0.1) is 25.1 Å². The zero-order chi connectivity index (χ0) is 18.5. The Kier molecular flexibility index (Phi) is 5.36. The van der Waals surface area contributed by atoms with Gasteiger partial charge in [-0.15, -0.1) is 0 Å². The number of anilines is 2. The van der Waals surface area contributed by atoms with Gasteiger partial charge in [-0.05, 0) is 24.1 Å². The number of ether oxygens (including phenoxy) is 2. The van der Waals surface area contributed by atoms with Crippen LogP contribution in [0.4, 0.5) is 11.5 Å². The SMILES string of the molecule is O=C(CCc1ccccc1)Nc1ccc(N2CCC3(CC2)OCCO3)cn1. The summed E-state index contributed by atoms with van der Waals surface area (Å²) in [6, 6.07) is 13.9. The van der Waals surface area contributed by atoms with Gasteiger partial charge in [0.15, 0.2) is 5.79 Å². The molecule has 0 atom stereocenters. The topological polar surface area (TPSA) is 63.7 Å². The number of pyridine rings is 1. The number of piperidine rings is 1. The Hall–Kier alpha value is -2.44. The monoisotopic (exact) mass is 367 g/mol. The second-order valence-corrected chi connectivity index (χ2v) is 7.03. The van der Waals surface area contributed by atoms with Crippen molar-refractivity contribution in [1.29, 1.82) is 0 Å². The maximum absolute atomic E-state index is 12.1. The Morgan fingerprint density at radius 1 is 1.07 bits per heavy atom. The maximum atomic E-state index is 12.1. The van der Waals surface area contributed by atoms with Crippen LogP contribution in [0.1, 0.15) is 24.8 Å². The van der Waals surface area contributed by atoms with E-state index in [1.165, 1.54) is 0 Å². The molecule has 2 aliphatic heterocycles. The number of nitrogens with one attached hydrogen (secondary N) is 1. The number of nitrogens with zero attached hydrogens (tertiary/aromatic N) is 2. The number of aryl methyl sites for hydroxylation is 1. The molecule has 6 heteroatoms. The van der Waals surface area contributed by atoms with Crippen LogP contribution in [0.3, 0.4) is 0 Å². The lowest BCUT2D eigenvalue weighted by atomic mass is 10.0. The molecule has 142 valence electrons. The van der Waals surface area contributed by atoms with Crippen LogP contribution >= 0.6 is 0 Å². The van der Waals surface area contributed by atoms with Gasteiger partial charge in [0.2, 0.25) is 5.91 Å². The molecule has 1 N–H and O–H groups in total. The van der Waals surface area contributed by atoms with E-state index in [0.29, 0.717) is 25.5 Å². The van der Waals surface area contributed by atoms with Crippen molar-refractivity contribution < 1.29 is 14.3 Å². The zero-order valence-electron chi connectivity index (χ0n) is 15.4. The Balaban J connectivity index is 1.27. The maximum Gasteiger partial charge on any atom is 0.225 e. The first-order chi connectivity index (χ1) is 13.2. The predicted molar refractivity (Wildman–Crippen MR) is 104 cm³/mol. The molecule has 0 unspecified atom stereocenters. The molecule has 0 radical (unpaired) electrons. The van der Waals surface area contributed by atoms with Crippen LogP contribution in [0.15, 0.2) is 48.7 Å². The van der Waals surface area contributed by atoms with Crippen molar-refractivity contribution in [3.05, 3.63) is 54.2 Å². The lowest BCUT2D eigenvalue weighted by Gasteiger charge is -2.38. The summed E-state index contributed by atoms with van der Waals surface area (Å²) in [4.78, 5) is 18.8. The smallest absolute Gasteiger partial charge is 0.225 e. The summed E-state index contributed by atoms with van der Waals surface area (Å²) in [5.74, 6) is 0.207. The van der Waals surface area contributed by atoms with Crippen molar-refractivity contribution in [2.24, 2.45) is 0 Å². The van der Waals surface area contributed by atoms with Gasteiger partial charge in [-0.2, -0.15) is 0 Å². The van der Waals surface area contributed by atoms with Crippen molar-refractivity contribution in [2.75, 3.05) is 36.5 Å². The molecule has 0 bridgehead atoms. The molecule has 27 heavy (non-hydrogen) atoms. The molecule has 0 aliphatic carbocycles. The fourth-order valence-corrected chi connectivity index (χ4v) is 3.65. The van der Waals surface area contributed by atoms with E-state index in [4.69, 9.17) is 9.47 Å². The highest BCUT2D eigenvalue weighted by atomic mass is 16.7. The van der Waals surface area contributed by atoms with E-state index in [9.17, 15) is 4.79 Å². The summed E-state index contributed by atoms with van der Waals surface area (Å²) in [7, 11) is 0. The van der Waals surface area contributed by atoms with E-state index in [0.717, 1.165) is 43.6 Å². The van der Waals surface area contributed by atoms with E-state index < -0.39 is 0 Å². The molecule has 2 saturated heterocycles. The van der Waals surface area contributed by atoms with Gasteiger partial charge in [-0.3, -0.25) is 4.79 Å². The van der Waals surface area contributed by atoms with Crippen LogP contribution in [-0.2, 0) is 20.7 Å². The molecule has 4 rings (SSSR count). The summed E-state index contributed by atoms with van der Waals surface area (Å²) in [5, 5.41) is 2.87. The molecule has 2 fully saturated rings. The molecule has 1 spiro atoms. The quantitative estimate of drug-likeness (QED) is 0.880. The minimum atomic E-state index is -0.364. The van der Waals surface area contributed by atoms with Gasteiger partial charge in [0.25, 0.3) is 0 Å². The highest BCUT2D eigenvalue weighted by Gasteiger charge is 2.39. The molecular weight excluding hydrogens is 342 g/mol. The van der Waals surface area contributed by atoms with Crippen LogP contribution in [0.25, 0.3) is 0 Å². The average Bonchev–Trinajstić information content (AvgIpc) is 3.16. The van der Waals surface area contributed by atoms with Crippen LogP contribution < -0.4 is 10.2 Å². The summed E-state index contributed by atoms with van der Waals surface area (Å²) >= 11 is 0. The van der Waals surface area contributed by atoms with Crippen LogP contribution in [0.2, 0.25) is 0 Å². The molecule has 1 aromatic carbocycles. The molecule has 2 aliphatic rings. The van der Waals surface area contributed by atoms with E-state index in [2.05, 4.69) is 15.2 Å². The van der Waals surface area contributed by atoms with E-state index in [1.54, 1.807) is 0 Å². The van der Waals surface area contributed by atoms with Crippen molar-refractivity contribution in [3.63, 3.8) is 0 Å². The summed E-state index contributed by atoms with van der Waals surface area (Å²) < 4.78 is 11.5. The third-order valence-electron chi connectivity index (χ3n) is 5.20. The Labute approximate surface area is 159 Å². The molecular formula is C21H25N3O3. The number of amides is 1. The number of aromatic nitrogens is 1. The lowest BCUT2D eigenvalue weighted by molar-refractivity contribution is -0.169. The van der Waals surface area contributed by atoms with Gasteiger partial charge in [-0.25, -0.2) is 4.98 Å². The minimum absolute atomic E-state index is 0.0189. The summed E-state index contributed by atoms with van der Waals surface area (Å²) in [6.07, 6.45) is 4.73. The van der Waals surface area contributed by atoms with Gasteiger partial charge < -0.3 is 19.7 Å². The summed E-state index contributed by atoms with van der Waals surface area (Å²) in [5.41, 5.74) is 2.22. The molecule has 6 nitrogen and oxygen atoms in total. The van der Waals surface area contributed by atoms with Crippen LogP contribution in [-0.4, -0.2) is 43.0 Å². The number of carbonyl (C=O) groups is 1. The molecule has 2 aromatic rings. The molecule has 3 heterocycles. The Morgan fingerprint density at radius 3 is 2.48 bits per heavy atom. The van der Waals surface area contributed by atoms with Gasteiger partial charge in [0, 0.05) is 32.4 Å². The van der Waals surface area contributed by atoms with Gasteiger partial charge >= 0.3 is 0 Å². The third kappa shape index (κ3) is 4.46. The standard InChI is InChI=1S/C21H25N3O3/c25-20(9-6-17-4-2-1-3-5-17)23-19-8-7-18(16-22-19)24-12-10-21(11-13-24)26-14-15-27-21/h1-5,7-8,16H,6,9-15H2,(H,22,23,25). The fourth-order valence-electron chi connectivity index (χ4n) is 3.65. The number of benzene rings is 1. The lowest BCUT2D eigenvalue weighted by Crippen LogP contribution is -2.45. The summed E-state index contributed by atoms with van der Waals surface area (Å²) in [6.45, 7) is 3.15. The molecule has 1 aromatic heterocycles. The van der Waals surface area contributed by atoms with Crippen molar-refractivity contribution in [3.8, 4) is 0 Å². The molecule has 0 saturated carbocycles. The minimum Gasteiger partial charge on any atom is -0.370 e. The van der Waals surface area contributed by atoms with E-state index in [-0.39, 0.29) is 11.7 Å². The first-order valence-electron chi connectivity index (χ1n) is 9.55. The average molecular weight is 367 g/mol. The number of hydrogen-bond donors (Lipinski definition) is 1. The fraction of sp³-hybridized carbons (Fsp3) is 0.429. The van der Waals surface area contributed by atoms with E-state index >= 15 is 0 Å². The van der Waals surface area contributed by atoms with Gasteiger partial charge in [-0.1, -0.05) is 30.3 Å². The van der Waals surface area contributed by atoms with Crippen LogP contribution in [0, 0.1) is 0 Å². The first kappa shape index (κ1) is 17.9. The van der Waals surface area contributed by atoms with Crippen molar-refractivity contribution >= 4 is 17.4 Å². The highest BCUT2D eigenvalue weighted by Crippen LogP contribution is 2.33. The normalized spacial score (nSPS) is 18.6. The Bertz CT molecular complexity index is 748. The predicted octanol–water partition coefficient (Wildman–Crippen LogP) is 3.00. The molecule has 1 amide bonds. The zero-order valence-corrected chi connectivity index (χ0v) is 15.4. The number of rotatable bonds is 5. The third-order valence-corrected chi connectivity index (χ3v) is 5.20. The van der Waals surface area contributed by atoms with Crippen LogP contribution in [0.5, 0.6) is 0 Å². The van der Waals surface area contributed by atoms with Gasteiger partial charge in [0.1, 0.15) is 5.82 Å². The highest BCUT2D eigenvalue weighted by molar-refractivity contribution is 5.89. The second-order valence-electron chi connectivity index (χ2n) is 7.03. The first-order valence-corrected chi connectivity index (χ1v) is 9.55. The van der Waals surface area contributed by atoms with E-state index in [1.807, 2.05) is 48.7 Å². The largest absolute Gasteiger partial charge is 0.370 e. The van der Waals surface area contributed by atoms with Crippen molar-refractivity contribution in [2.45, 2.75) is 31.5 Å². The second kappa shape index (κ2) is 8.06. The number of carbonyl (C=O) groups excluding carboxylic acids is 1.